The first-order valence-electron chi connectivity index (χ1n) is 8.98. The monoisotopic (exact) mass is 672 g/mol. The van der Waals surface area contributed by atoms with Crippen molar-refractivity contribution < 1.29 is 45.2 Å². The summed E-state index contributed by atoms with van der Waals surface area (Å²) >= 11 is 9.77. The molecule has 0 amide bonds. The average molecular weight is 675 g/mol. The lowest BCUT2D eigenvalue weighted by Gasteiger charge is -2.23. The molecule has 1 aromatic rings. The fourth-order valence-electron chi connectivity index (χ4n) is 3.47. The van der Waals surface area contributed by atoms with Crippen molar-refractivity contribution in [2.45, 2.75) is 39.0 Å². The molecule has 3 unspecified atom stereocenters. The van der Waals surface area contributed by atoms with Crippen LogP contribution in [-0.4, -0.2) is 42.9 Å². The summed E-state index contributed by atoms with van der Waals surface area (Å²) in [5, 5.41) is 0. The number of benzene rings is 1. The zero-order valence-corrected chi connectivity index (χ0v) is 22.2. The zero-order chi connectivity index (χ0) is 24.6. The van der Waals surface area contributed by atoms with Crippen molar-refractivity contribution in [3.8, 4) is 5.75 Å². The Morgan fingerprint density at radius 1 is 1.12 bits per heavy atom. The van der Waals surface area contributed by atoms with Crippen LogP contribution in [0.25, 0.3) is 0 Å². The van der Waals surface area contributed by atoms with Gasteiger partial charge in [-0.1, -0.05) is 29.8 Å². The van der Waals surface area contributed by atoms with E-state index in [4.69, 9.17) is 9.29 Å². The molecule has 1 fully saturated rings. The number of carbonyl (C=O) groups excluding carboxylic acids is 2. The Kier molecular flexibility index (Phi) is 8.51. The minimum absolute atomic E-state index is 0.0186. The van der Waals surface area contributed by atoms with E-state index in [1.54, 1.807) is 26.0 Å². The molecule has 1 aliphatic carbocycles. The van der Waals surface area contributed by atoms with E-state index in [0.717, 1.165) is 0 Å². The molecular formula is C18H18Br3F3O7S. The van der Waals surface area contributed by atoms with Gasteiger partial charge in [0.05, 0.1) is 20.8 Å². The molecule has 180 valence electrons. The number of halogens is 6. The number of hydrogen-bond acceptors (Lipinski definition) is 6. The van der Waals surface area contributed by atoms with Crippen molar-refractivity contribution in [1.29, 1.82) is 0 Å². The molecule has 0 aromatic heterocycles. The van der Waals surface area contributed by atoms with E-state index in [9.17, 15) is 31.2 Å². The molecule has 1 aliphatic rings. The largest absolute Gasteiger partial charge is 0.451 e. The standard InChI is InChI=1S/C18H18Br3F3O7S/c1-17(2)5-9(15(25)30-13(18(22,23)24)7-32(27,28)29)10(6-17)16(26)31-14-11(20)3-8(19)4-12(14)21/h3-4,9-10,13H,5-7H2,1-2H3,(H,27,28,29). The molecule has 7 nitrogen and oxygen atoms in total. The number of esters is 2. The maximum Gasteiger partial charge on any atom is 0.426 e. The van der Waals surface area contributed by atoms with Gasteiger partial charge in [0.15, 0.2) is 5.75 Å². The fourth-order valence-corrected chi connectivity index (χ4v) is 6.53. The average Bonchev–Trinajstić information content (AvgIpc) is 2.91. The SMILES string of the molecule is CC1(C)CC(C(=O)Oc2c(Br)cc(Br)cc2Br)C(C(=O)OC(CS(=O)(=O)O)C(F)(F)F)C1. The summed E-state index contributed by atoms with van der Waals surface area (Å²) in [6.07, 6.45) is -8.15. The number of ether oxygens (including phenoxy) is 2. The molecule has 3 atom stereocenters. The highest BCUT2D eigenvalue weighted by atomic mass is 79.9. The molecule has 2 rings (SSSR count). The molecule has 1 saturated carbocycles. The van der Waals surface area contributed by atoms with Gasteiger partial charge in [-0.05, 0) is 62.2 Å². The third-order valence-electron chi connectivity index (χ3n) is 4.79. The van der Waals surface area contributed by atoms with E-state index in [1.165, 1.54) is 0 Å². The third-order valence-corrected chi connectivity index (χ3v) is 7.15. The highest BCUT2D eigenvalue weighted by Gasteiger charge is 2.51. The Balaban J connectivity index is 2.27. The van der Waals surface area contributed by atoms with Crippen LogP contribution in [-0.2, 0) is 24.4 Å². The van der Waals surface area contributed by atoms with Gasteiger partial charge in [-0.3, -0.25) is 14.1 Å². The first-order valence-corrected chi connectivity index (χ1v) is 13.0. The summed E-state index contributed by atoms with van der Waals surface area (Å²) in [7, 11) is -5.09. The molecule has 0 aliphatic heterocycles. The normalized spacial score (nSPS) is 21.8. The second-order valence-electron chi connectivity index (χ2n) is 8.12. The van der Waals surface area contributed by atoms with E-state index in [0.29, 0.717) is 13.4 Å². The van der Waals surface area contributed by atoms with Crippen LogP contribution in [0.1, 0.15) is 26.7 Å². The summed E-state index contributed by atoms with van der Waals surface area (Å²) in [6, 6.07) is 3.22. The van der Waals surface area contributed by atoms with Crippen LogP contribution in [0.4, 0.5) is 13.2 Å². The van der Waals surface area contributed by atoms with Crippen LogP contribution < -0.4 is 4.74 Å². The highest BCUT2D eigenvalue weighted by molar-refractivity contribution is 9.11. The van der Waals surface area contributed by atoms with Crippen molar-refractivity contribution in [3.05, 3.63) is 25.6 Å². The van der Waals surface area contributed by atoms with Crippen LogP contribution in [0.15, 0.2) is 25.6 Å². The van der Waals surface area contributed by atoms with Crippen molar-refractivity contribution in [2.75, 3.05) is 5.75 Å². The van der Waals surface area contributed by atoms with Crippen LogP contribution in [0, 0.1) is 17.3 Å². The second-order valence-corrected chi connectivity index (χ2v) is 12.2. The molecular weight excluding hydrogens is 657 g/mol. The Morgan fingerprint density at radius 3 is 2.03 bits per heavy atom. The summed E-state index contributed by atoms with van der Waals surface area (Å²) in [5.74, 6) is -6.38. The molecule has 0 saturated heterocycles. The van der Waals surface area contributed by atoms with Crippen LogP contribution in [0.2, 0.25) is 0 Å². The number of hydrogen-bond donors (Lipinski definition) is 1. The van der Waals surface area contributed by atoms with Crippen LogP contribution >= 0.6 is 47.8 Å². The van der Waals surface area contributed by atoms with Gasteiger partial charge in [0, 0.05) is 4.47 Å². The van der Waals surface area contributed by atoms with Crippen LogP contribution in [0.3, 0.4) is 0 Å². The number of alkyl halides is 3. The lowest BCUT2D eigenvalue weighted by molar-refractivity contribution is -0.218. The number of carbonyl (C=O) groups is 2. The molecule has 0 bridgehead atoms. The summed E-state index contributed by atoms with van der Waals surface area (Å²) in [5.41, 5.74) is -0.599. The summed E-state index contributed by atoms with van der Waals surface area (Å²) in [6.45, 7) is 3.46. The van der Waals surface area contributed by atoms with Crippen molar-refractivity contribution in [2.24, 2.45) is 17.3 Å². The molecule has 0 heterocycles. The lowest BCUT2D eigenvalue weighted by atomic mass is 9.90. The highest BCUT2D eigenvalue weighted by Crippen LogP contribution is 2.47. The maximum absolute atomic E-state index is 13.2. The number of rotatable bonds is 6. The van der Waals surface area contributed by atoms with E-state index in [-0.39, 0.29) is 18.6 Å². The molecule has 0 radical (unpaired) electrons. The Bertz CT molecular complexity index is 989. The fraction of sp³-hybridized carbons (Fsp3) is 0.556. The quantitative estimate of drug-likeness (QED) is 0.248. The Morgan fingerprint density at radius 2 is 1.59 bits per heavy atom. The van der Waals surface area contributed by atoms with E-state index in [1.807, 2.05) is 0 Å². The predicted molar refractivity (Wildman–Crippen MR) is 118 cm³/mol. The Labute approximate surface area is 207 Å². The van der Waals surface area contributed by atoms with E-state index < -0.39 is 57.3 Å². The van der Waals surface area contributed by atoms with Gasteiger partial charge in [0.2, 0.25) is 6.10 Å². The summed E-state index contributed by atoms with van der Waals surface area (Å²) < 4.78 is 81.5. The topological polar surface area (TPSA) is 107 Å². The van der Waals surface area contributed by atoms with Crippen LogP contribution in [0.5, 0.6) is 5.75 Å². The van der Waals surface area contributed by atoms with Gasteiger partial charge < -0.3 is 9.47 Å². The lowest BCUT2D eigenvalue weighted by Crippen LogP contribution is -2.42. The van der Waals surface area contributed by atoms with Gasteiger partial charge >= 0.3 is 18.1 Å². The second kappa shape index (κ2) is 9.88. The van der Waals surface area contributed by atoms with Crippen molar-refractivity contribution in [1.82, 2.24) is 0 Å². The molecule has 1 aromatic carbocycles. The predicted octanol–water partition coefficient (Wildman–Crippen LogP) is 5.29. The third kappa shape index (κ3) is 7.40. The molecule has 32 heavy (non-hydrogen) atoms. The first kappa shape index (κ1) is 27.5. The molecule has 1 N–H and O–H groups in total. The zero-order valence-electron chi connectivity index (χ0n) is 16.6. The maximum atomic E-state index is 13.2. The van der Waals surface area contributed by atoms with E-state index in [2.05, 4.69) is 52.5 Å². The first-order chi connectivity index (χ1) is 14.4. The minimum Gasteiger partial charge on any atom is -0.451 e. The van der Waals surface area contributed by atoms with Crippen molar-refractivity contribution in [3.63, 3.8) is 0 Å². The molecule has 0 spiro atoms. The Hall–Kier alpha value is -0.700. The van der Waals surface area contributed by atoms with Gasteiger partial charge in [-0.2, -0.15) is 21.6 Å². The minimum atomic E-state index is -5.23. The summed E-state index contributed by atoms with van der Waals surface area (Å²) in [4.78, 5) is 25.5. The van der Waals surface area contributed by atoms with Gasteiger partial charge in [0.25, 0.3) is 10.1 Å². The van der Waals surface area contributed by atoms with Gasteiger partial charge in [-0.25, -0.2) is 0 Å². The van der Waals surface area contributed by atoms with E-state index >= 15 is 0 Å². The molecule has 14 heteroatoms. The van der Waals surface area contributed by atoms with Crippen molar-refractivity contribution >= 4 is 69.8 Å². The smallest absolute Gasteiger partial charge is 0.426 e. The van der Waals surface area contributed by atoms with Gasteiger partial charge in [0.1, 0.15) is 5.75 Å². The van der Waals surface area contributed by atoms with Gasteiger partial charge in [-0.15, -0.1) is 0 Å².